The first kappa shape index (κ1) is 12.9. The number of amides is 1. The Morgan fingerprint density at radius 3 is 2.56 bits per heavy atom. The minimum Gasteiger partial charge on any atom is -0.488 e. The summed E-state index contributed by atoms with van der Waals surface area (Å²) in [6.07, 6.45) is 5.80. The first-order valence-electron chi connectivity index (χ1n) is 6.30. The van der Waals surface area contributed by atoms with Gasteiger partial charge in [-0.15, -0.1) is 0 Å². The van der Waals surface area contributed by atoms with Crippen molar-refractivity contribution in [3.63, 3.8) is 0 Å². The lowest BCUT2D eigenvalue weighted by molar-refractivity contribution is 0.0959. The average molecular weight is 248 g/mol. The SMILES string of the molecule is CNC(=O)c1cncc(OC2CC2)c1C(C)(C)C. The number of carbonyl (C=O) groups is 1. The van der Waals surface area contributed by atoms with Crippen LogP contribution in [0.3, 0.4) is 0 Å². The van der Waals surface area contributed by atoms with E-state index < -0.39 is 0 Å². The minimum atomic E-state index is -0.158. The summed E-state index contributed by atoms with van der Waals surface area (Å²) in [7, 11) is 1.63. The first-order valence-corrected chi connectivity index (χ1v) is 6.30. The maximum atomic E-state index is 11.9. The highest BCUT2D eigenvalue weighted by Crippen LogP contribution is 2.36. The van der Waals surface area contributed by atoms with E-state index in [0.717, 1.165) is 24.2 Å². The summed E-state index contributed by atoms with van der Waals surface area (Å²) >= 11 is 0. The molecule has 0 atom stereocenters. The molecule has 1 aromatic rings. The van der Waals surface area contributed by atoms with Gasteiger partial charge in [-0.25, -0.2) is 0 Å². The summed E-state index contributed by atoms with van der Waals surface area (Å²) in [5.41, 5.74) is 1.38. The van der Waals surface area contributed by atoms with Gasteiger partial charge in [-0.3, -0.25) is 9.78 Å². The van der Waals surface area contributed by atoms with Crippen molar-refractivity contribution < 1.29 is 9.53 Å². The third-order valence-corrected chi connectivity index (χ3v) is 2.95. The van der Waals surface area contributed by atoms with Crippen molar-refractivity contribution in [3.8, 4) is 5.75 Å². The summed E-state index contributed by atoms with van der Waals surface area (Å²) in [6, 6.07) is 0. The summed E-state index contributed by atoms with van der Waals surface area (Å²) in [5.74, 6) is 0.625. The molecule has 18 heavy (non-hydrogen) atoms. The Morgan fingerprint density at radius 1 is 1.39 bits per heavy atom. The number of carbonyl (C=O) groups excluding carboxylic acids is 1. The molecule has 4 heteroatoms. The molecule has 1 N–H and O–H groups in total. The maximum Gasteiger partial charge on any atom is 0.253 e. The minimum absolute atomic E-state index is 0.117. The van der Waals surface area contributed by atoms with Crippen molar-refractivity contribution in [3.05, 3.63) is 23.5 Å². The van der Waals surface area contributed by atoms with E-state index in [4.69, 9.17) is 4.74 Å². The Labute approximate surface area is 108 Å². The Balaban J connectivity index is 2.48. The highest BCUT2D eigenvalue weighted by molar-refractivity contribution is 5.96. The molecule has 0 unspecified atom stereocenters. The van der Waals surface area contributed by atoms with Crippen LogP contribution in [0.15, 0.2) is 12.4 Å². The van der Waals surface area contributed by atoms with Crippen molar-refractivity contribution in [1.82, 2.24) is 10.3 Å². The van der Waals surface area contributed by atoms with Gasteiger partial charge in [0.15, 0.2) is 0 Å². The van der Waals surface area contributed by atoms with Gasteiger partial charge in [-0.2, -0.15) is 0 Å². The van der Waals surface area contributed by atoms with Gasteiger partial charge in [0.2, 0.25) is 0 Å². The second-order valence-electron chi connectivity index (χ2n) is 5.71. The first-order chi connectivity index (χ1) is 8.43. The van der Waals surface area contributed by atoms with Crippen LogP contribution < -0.4 is 10.1 Å². The molecule has 0 bridgehead atoms. The van der Waals surface area contributed by atoms with Gasteiger partial charge >= 0.3 is 0 Å². The summed E-state index contributed by atoms with van der Waals surface area (Å²) in [6.45, 7) is 6.23. The van der Waals surface area contributed by atoms with Gasteiger partial charge in [0, 0.05) is 18.8 Å². The van der Waals surface area contributed by atoms with Gasteiger partial charge in [0.1, 0.15) is 5.75 Å². The largest absolute Gasteiger partial charge is 0.488 e. The molecule has 2 rings (SSSR count). The normalized spacial score (nSPS) is 15.3. The number of rotatable bonds is 3. The number of hydrogen-bond acceptors (Lipinski definition) is 3. The molecule has 0 aromatic carbocycles. The van der Waals surface area contributed by atoms with E-state index in [2.05, 4.69) is 31.1 Å². The number of ether oxygens (including phenoxy) is 1. The van der Waals surface area contributed by atoms with Crippen LogP contribution in [0.1, 0.15) is 49.5 Å². The zero-order valence-corrected chi connectivity index (χ0v) is 11.4. The zero-order valence-electron chi connectivity index (χ0n) is 11.4. The molecule has 1 heterocycles. The number of nitrogens with one attached hydrogen (secondary N) is 1. The number of pyridine rings is 1. The van der Waals surface area contributed by atoms with Crippen LogP contribution in [0.25, 0.3) is 0 Å². The number of aromatic nitrogens is 1. The Morgan fingerprint density at radius 2 is 2.06 bits per heavy atom. The molecule has 0 spiro atoms. The van der Waals surface area contributed by atoms with Gasteiger partial charge in [0.05, 0.1) is 17.9 Å². The third kappa shape index (κ3) is 2.63. The fourth-order valence-electron chi connectivity index (χ4n) is 1.98. The molecule has 1 aliphatic carbocycles. The van der Waals surface area contributed by atoms with Crippen LogP contribution >= 0.6 is 0 Å². The van der Waals surface area contributed by atoms with E-state index in [1.807, 2.05) is 0 Å². The molecule has 0 radical (unpaired) electrons. The summed E-state index contributed by atoms with van der Waals surface area (Å²) in [4.78, 5) is 16.1. The second-order valence-corrected chi connectivity index (χ2v) is 5.71. The molecule has 1 fully saturated rings. The lowest BCUT2D eigenvalue weighted by Crippen LogP contribution is -2.25. The molecule has 1 amide bonds. The molecule has 0 saturated heterocycles. The molecule has 4 nitrogen and oxygen atoms in total. The van der Waals surface area contributed by atoms with Crippen molar-refractivity contribution >= 4 is 5.91 Å². The maximum absolute atomic E-state index is 11.9. The van der Waals surface area contributed by atoms with Crippen LogP contribution in [-0.2, 0) is 5.41 Å². The smallest absolute Gasteiger partial charge is 0.253 e. The van der Waals surface area contributed by atoms with Gasteiger partial charge in [0.25, 0.3) is 5.91 Å². The average Bonchev–Trinajstić information content (AvgIpc) is 3.10. The van der Waals surface area contributed by atoms with Crippen LogP contribution in [0.4, 0.5) is 0 Å². The van der Waals surface area contributed by atoms with Crippen molar-refractivity contribution in [2.24, 2.45) is 0 Å². The highest BCUT2D eigenvalue weighted by Gasteiger charge is 2.30. The summed E-state index contributed by atoms with van der Waals surface area (Å²) < 4.78 is 5.88. The quantitative estimate of drug-likeness (QED) is 0.892. The fourth-order valence-corrected chi connectivity index (χ4v) is 1.98. The topological polar surface area (TPSA) is 51.2 Å². The van der Waals surface area contributed by atoms with Crippen LogP contribution in [0.2, 0.25) is 0 Å². The molecule has 1 aliphatic rings. The molecule has 0 aliphatic heterocycles. The van der Waals surface area contributed by atoms with Crippen molar-refractivity contribution in [2.75, 3.05) is 7.05 Å². The van der Waals surface area contributed by atoms with Gasteiger partial charge < -0.3 is 10.1 Å². The van der Waals surface area contributed by atoms with E-state index >= 15 is 0 Å². The molecule has 98 valence electrons. The van der Waals surface area contributed by atoms with Gasteiger partial charge in [-0.1, -0.05) is 20.8 Å². The van der Waals surface area contributed by atoms with E-state index in [-0.39, 0.29) is 11.3 Å². The van der Waals surface area contributed by atoms with E-state index in [1.165, 1.54) is 0 Å². The Kier molecular flexibility index (Phi) is 3.28. The standard InChI is InChI=1S/C14H20N2O2/c1-14(2,3)12-10(13(17)15-4)7-16-8-11(12)18-9-5-6-9/h7-9H,5-6H2,1-4H3,(H,15,17). The van der Waals surface area contributed by atoms with Crippen LogP contribution in [-0.4, -0.2) is 24.0 Å². The number of hydrogen-bond donors (Lipinski definition) is 1. The van der Waals surface area contributed by atoms with Crippen LogP contribution in [0.5, 0.6) is 5.75 Å². The zero-order chi connectivity index (χ0) is 13.3. The summed E-state index contributed by atoms with van der Waals surface area (Å²) in [5, 5.41) is 2.66. The van der Waals surface area contributed by atoms with Crippen molar-refractivity contribution in [1.29, 1.82) is 0 Å². The molecular weight excluding hydrogens is 228 g/mol. The van der Waals surface area contributed by atoms with Crippen LogP contribution in [0, 0.1) is 0 Å². The van der Waals surface area contributed by atoms with E-state index in [1.54, 1.807) is 19.4 Å². The van der Waals surface area contributed by atoms with E-state index in [0.29, 0.717) is 11.7 Å². The predicted molar refractivity (Wildman–Crippen MR) is 70.0 cm³/mol. The van der Waals surface area contributed by atoms with Crippen molar-refractivity contribution in [2.45, 2.75) is 45.1 Å². The van der Waals surface area contributed by atoms with E-state index in [9.17, 15) is 4.79 Å². The second kappa shape index (κ2) is 4.59. The van der Waals surface area contributed by atoms with Gasteiger partial charge in [-0.05, 0) is 18.3 Å². The molecule has 1 saturated carbocycles. The predicted octanol–water partition coefficient (Wildman–Crippen LogP) is 2.28. The highest BCUT2D eigenvalue weighted by atomic mass is 16.5. The Hall–Kier alpha value is -1.58. The fraction of sp³-hybridized carbons (Fsp3) is 0.571. The number of nitrogens with zero attached hydrogens (tertiary/aromatic N) is 1. The molecule has 1 aromatic heterocycles. The third-order valence-electron chi connectivity index (χ3n) is 2.95. The monoisotopic (exact) mass is 248 g/mol. The lowest BCUT2D eigenvalue weighted by atomic mass is 9.83. The molecular formula is C14H20N2O2. The lowest BCUT2D eigenvalue weighted by Gasteiger charge is -2.25. The Bertz CT molecular complexity index is 459.